The van der Waals surface area contributed by atoms with E-state index < -0.39 is 35.9 Å². The average Bonchev–Trinajstić information content (AvgIpc) is 3.54. The first-order valence-electron chi connectivity index (χ1n) is 11.9. The second-order valence-electron chi connectivity index (χ2n) is 8.95. The Kier molecular flexibility index (Phi) is 9.79. The van der Waals surface area contributed by atoms with E-state index in [-0.39, 0.29) is 24.1 Å². The van der Waals surface area contributed by atoms with E-state index in [9.17, 15) is 29.4 Å². The molecule has 1 aromatic rings. The molecule has 1 aromatic carbocycles. The van der Waals surface area contributed by atoms with Gasteiger partial charge in [-0.3, -0.25) is 14.4 Å². The van der Waals surface area contributed by atoms with Crippen molar-refractivity contribution in [3.63, 3.8) is 0 Å². The van der Waals surface area contributed by atoms with Crippen LogP contribution in [-0.2, 0) is 25.6 Å². The summed E-state index contributed by atoms with van der Waals surface area (Å²) in [5, 5.41) is 27.9. The van der Waals surface area contributed by atoms with Gasteiger partial charge in [0.2, 0.25) is 17.7 Å². The quantitative estimate of drug-likeness (QED) is 0.291. The molecule has 2 saturated heterocycles. The topological polar surface area (TPSA) is 148 Å². The highest BCUT2D eigenvalue weighted by Crippen LogP contribution is 2.20. The largest absolute Gasteiger partial charge is 0.508 e. The third-order valence-corrected chi connectivity index (χ3v) is 7.08. The summed E-state index contributed by atoms with van der Waals surface area (Å²) in [6, 6.07) is 3.19. The highest BCUT2D eigenvalue weighted by molar-refractivity contribution is 7.98. The first-order chi connectivity index (χ1) is 16.8. The Bertz CT molecular complexity index is 906. The number of amides is 3. The molecule has 0 bridgehead atoms. The van der Waals surface area contributed by atoms with Gasteiger partial charge in [0, 0.05) is 13.0 Å². The molecule has 2 aliphatic rings. The molecule has 0 saturated carbocycles. The Morgan fingerprint density at radius 3 is 2.49 bits per heavy atom. The number of thioether (sulfide) groups is 1. The van der Waals surface area contributed by atoms with Crippen molar-refractivity contribution in [2.45, 2.75) is 62.7 Å². The van der Waals surface area contributed by atoms with E-state index in [0.717, 1.165) is 13.0 Å². The number of carbonyl (C=O) groups excluding carboxylic acids is 3. The molecular formula is C24H34N4O6S. The summed E-state index contributed by atoms with van der Waals surface area (Å²) in [6.45, 7) is 1.06. The Hall–Kier alpha value is -2.79. The molecule has 0 aliphatic carbocycles. The molecule has 3 amide bonds. The van der Waals surface area contributed by atoms with Gasteiger partial charge in [0.1, 0.15) is 23.9 Å². The van der Waals surface area contributed by atoms with Crippen LogP contribution in [0.15, 0.2) is 24.3 Å². The van der Waals surface area contributed by atoms with Crippen LogP contribution < -0.4 is 16.0 Å². The molecule has 4 unspecified atom stereocenters. The summed E-state index contributed by atoms with van der Waals surface area (Å²) in [7, 11) is 0. The SMILES string of the molecule is CSCCC(NC(=O)C1CCCN1)C(=O)NC(Cc1ccc(O)cc1)C(=O)N1CCCC1C(=O)O. The van der Waals surface area contributed by atoms with Crippen LogP contribution in [0, 0.1) is 0 Å². The summed E-state index contributed by atoms with van der Waals surface area (Å²) in [4.78, 5) is 52.4. The normalized spacial score (nSPS) is 21.3. The van der Waals surface area contributed by atoms with Crippen molar-refractivity contribution in [3.05, 3.63) is 29.8 Å². The Morgan fingerprint density at radius 1 is 1.11 bits per heavy atom. The number of aliphatic carboxylic acids is 1. The number of hydrogen-bond acceptors (Lipinski definition) is 7. The van der Waals surface area contributed by atoms with E-state index in [1.54, 1.807) is 23.9 Å². The molecule has 192 valence electrons. The van der Waals surface area contributed by atoms with Crippen LogP contribution in [0.5, 0.6) is 5.75 Å². The fourth-order valence-corrected chi connectivity index (χ4v) is 4.98. The van der Waals surface area contributed by atoms with Gasteiger partial charge in [0.05, 0.1) is 6.04 Å². The highest BCUT2D eigenvalue weighted by atomic mass is 32.2. The number of rotatable bonds is 11. The van der Waals surface area contributed by atoms with Crippen LogP contribution in [0.25, 0.3) is 0 Å². The lowest BCUT2D eigenvalue weighted by Gasteiger charge is -2.29. The van der Waals surface area contributed by atoms with Gasteiger partial charge < -0.3 is 31.1 Å². The van der Waals surface area contributed by atoms with E-state index in [0.29, 0.717) is 43.5 Å². The second-order valence-corrected chi connectivity index (χ2v) is 9.94. The maximum Gasteiger partial charge on any atom is 0.326 e. The van der Waals surface area contributed by atoms with Gasteiger partial charge in [0.15, 0.2) is 0 Å². The minimum atomic E-state index is -1.07. The zero-order chi connectivity index (χ0) is 25.4. The van der Waals surface area contributed by atoms with Gasteiger partial charge in [-0.25, -0.2) is 4.79 Å². The molecule has 3 rings (SSSR count). The third kappa shape index (κ3) is 7.35. The Morgan fingerprint density at radius 2 is 1.86 bits per heavy atom. The number of likely N-dealkylation sites (tertiary alicyclic amines) is 1. The number of nitrogens with zero attached hydrogens (tertiary/aromatic N) is 1. The lowest BCUT2D eigenvalue weighted by atomic mass is 10.0. The summed E-state index contributed by atoms with van der Waals surface area (Å²) in [6.07, 6.45) is 4.96. The van der Waals surface area contributed by atoms with Crippen LogP contribution >= 0.6 is 11.8 Å². The summed E-state index contributed by atoms with van der Waals surface area (Å²) < 4.78 is 0. The predicted octanol–water partition coefficient (Wildman–Crippen LogP) is 0.485. The molecule has 2 fully saturated rings. The number of carboxylic acids is 1. The number of carbonyl (C=O) groups is 4. The standard InChI is InChI=1S/C24H34N4O6S/c1-35-13-10-18(26-21(30)17-4-2-11-25-17)22(31)27-19(14-15-6-8-16(29)9-7-15)23(32)28-12-3-5-20(28)24(33)34/h6-9,17-20,25,29H,2-5,10-14H2,1H3,(H,26,30)(H,27,31)(H,33,34). The predicted molar refractivity (Wildman–Crippen MR) is 132 cm³/mol. The van der Waals surface area contributed by atoms with Crippen molar-refractivity contribution < 1.29 is 29.4 Å². The molecular weight excluding hydrogens is 472 g/mol. The number of hydrogen-bond donors (Lipinski definition) is 5. The average molecular weight is 507 g/mol. The Balaban J connectivity index is 1.78. The number of nitrogens with one attached hydrogen (secondary N) is 3. The monoisotopic (exact) mass is 506 g/mol. The summed E-state index contributed by atoms with van der Waals surface area (Å²) in [5.74, 6) is -1.54. The van der Waals surface area contributed by atoms with Gasteiger partial charge in [-0.1, -0.05) is 12.1 Å². The molecule has 2 heterocycles. The third-order valence-electron chi connectivity index (χ3n) is 6.43. The molecule has 4 atom stereocenters. The number of phenols is 1. The van der Waals surface area contributed by atoms with Crippen molar-refractivity contribution in [1.82, 2.24) is 20.9 Å². The molecule has 10 nitrogen and oxygen atoms in total. The van der Waals surface area contributed by atoms with E-state index in [1.165, 1.54) is 17.0 Å². The van der Waals surface area contributed by atoms with Crippen molar-refractivity contribution >= 4 is 35.5 Å². The number of benzene rings is 1. The fourth-order valence-electron chi connectivity index (χ4n) is 4.51. The minimum absolute atomic E-state index is 0.0755. The number of aromatic hydroxyl groups is 1. The molecule has 0 aromatic heterocycles. The van der Waals surface area contributed by atoms with Gasteiger partial charge in [-0.05, 0) is 68.4 Å². The van der Waals surface area contributed by atoms with Crippen LogP contribution in [0.3, 0.4) is 0 Å². The lowest BCUT2D eigenvalue weighted by molar-refractivity contribution is -0.149. The maximum absolute atomic E-state index is 13.4. The van der Waals surface area contributed by atoms with Crippen molar-refractivity contribution in [2.24, 2.45) is 0 Å². The molecule has 0 spiro atoms. The number of carboxylic acid groups (broad SMARTS) is 1. The van der Waals surface area contributed by atoms with Crippen LogP contribution in [-0.4, -0.2) is 88.1 Å². The smallest absolute Gasteiger partial charge is 0.326 e. The molecule has 0 radical (unpaired) electrons. The van der Waals surface area contributed by atoms with Crippen molar-refractivity contribution in [1.29, 1.82) is 0 Å². The van der Waals surface area contributed by atoms with E-state index in [1.807, 2.05) is 6.26 Å². The maximum atomic E-state index is 13.4. The first kappa shape index (κ1) is 26.8. The lowest BCUT2D eigenvalue weighted by Crippen LogP contribution is -2.57. The van der Waals surface area contributed by atoms with Gasteiger partial charge >= 0.3 is 5.97 Å². The van der Waals surface area contributed by atoms with Crippen LogP contribution in [0.2, 0.25) is 0 Å². The minimum Gasteiger partial charge on any atom is -0.508 e. The van der Waals surface area contributed by atoms with Gasteiger partial charge in [0.25, 0.3) is 0 Å². The molecule has 11 heteroatoms. The molecule has 2 aliphatic heterocycles. The zero-order valence-corrected chi connectivity index (χ0v) is 20.7. The van der Waals surface area contributed by atoms with Gasteiger partial charge in [-0.15, -0.1) is 0 Å². The molecule has 35 heavy (non-hydrogen) atoms. The molecule has 5 N–H and O–H groups in total. The second kappa shape index (κ2) is 12.8. The van der Waals surface area contributed by atoms with Crippen molar-refractivity contribution in [3.8, 4) is 5.75 Å². The van der Waals surface area contributed by atoms with E-state index >= 15 is 0 Å². The van der Waals surface area contributed by atoms with E-state index in [4.69, 9.17) is 0 Å². The fraction of sp³-hybridized carbons (Fsp3) is 0.583. The Labute approximate surface area is 209 Å². The zero-order valence-electron chi connectivity index (χ0n) is 19.9. The van der Waals surface area contributed by atoms with Crippen LogP contribution in [0.4, 0.5) is 0 Å². The van der Waals surface area contributed by atoms with E-state index in [2.05, 4.69) is 16.0 Å². The number of phenolic OH excluding ortho intramolecular Hbond substituents is 1. The summed E-state index contributed by atoms with van der Waals surface area (Å²) in [5.41, 5.74) is 0.701. The summed E-state index contributed by atoms with van der Waals surface area (Å²) >= 11 is 1.55. The van der Waals surface area contributed by atoms with Gasteiger partial charge in [-0.2, -0.15) is 11.8 Å². The first-order valence-corrected chi connectivity index (χ1v) is 13.3. The highest BCUT2D eigenvalue weighted by Gasteiger charge is 2.38. The van der Waals surface area contributed by atoms with Crippen molar-refractivity contribution in [2.75, 3.05) is 25.1 Å². The van der Waals surface area contributed by atoms with Crippen LogP contribution in [0.1, 0.15) is 37.7 Å².